The van der Waals surface area contributed by atoms with E-state index in [0.29, 0.717) is 0 Å². The molecule has 0 saturated heterocycles. The summed E-state index contributed by atoms with van der Waals surface area (Å²) in [5.74, 6) is 3.59. The highest BCUT2D eigenvalue weighted by Crippen LogP contribution is 2.41. The Morgan fingerprint density at radius 1 is 0.833 bits per heavy atom. The van der Waals surface area contributed by atoms with E-state index in [1.807, 2.05) is 6.26 Å². The van der Waals surface area contributed by atoms with Gasteiger partial charge < -0.3 is 4.74 Å². The van der Waals surface area contributed by atoms with Crippen molar-refractivity contribution < 1.29 is 4.74 Å². The zero-order chi connectivity index (χ0) is 12.8. The second-order valence-electron chi connectivity index (χ2n) is 6.15. The van der Waals surface area contributed by atoms with E-state index in [4.69, 9.17) is 4.74 Å². The normalized spacial score (nSPS) is 37.6. The highest BCUT2D eigenvalue weighted by atomic mass is 16.5. The van der Waals surface area contributed by atoms with Crippen LogP contribution in [0.5, 0.6) is 0 Å². The monoisotopic (exact) mass is 248 g/mol. The Kier molecular flexibility index (Phi) is 5.34. The van der Waals surface area contributed by atoms with Gasteiger partial charge in [0.25, 0.3) is 0 Å². The van der Waals surface area contributed by atoms with E-state index >= 15 is 0 Å². The summed E-state index contributed by atoms with van der Waals surface area (Å²) in [6.45, 7) is 3.94. The summed E-state index contributed by atoms with van der Waals surface area (Å²) in [5.41, 5.74) is 0. The highest BCUT2D eigenvalue weighted by Gasteiger charge is 2.29. The van der Waals surface area contributed by atoms with Crippen molar-refractivity contribution >= 4 is 0 Å². The van der Waals surface area contributed by atoms with Crippen molar-refractivity contribution in [2.45, 2.75) is 51.4 Å². The van der Waals surface area contributed by atoms with Crippen LogP contribution in [0.2, 0.25) is 0 Å². The number of hydrogen-bond acceptors (Lipinski definition) is 1. The van der Waals surface area contributed by atoms with Crippen molar-refractivity contribution in [1.29, 1.82) is 0 Å². The number of ether oxygens (including phenoxy) is 1. The number of rotatable bonds is 4. The van der Waals surface area contributed by atoms with Gasteiger partial charge in [-0.2, -0.15) is 0 Å². The Bertz CT molecular complexity index is 265. The first-order chi connectivity index (χ1) is 8.83. The van der Waals surface area contributed by atoms with E-state index in [0.717, 1.165) is 23.7 Å². The summed E-state index contributed by atoms with van der Waals surface area (Å²) < 4.78 is 5.02. The zero-order valence-electron chi connectivity index (χ0n) is 11.8. The van der Waals surface area contributed by atoms with Gasteiger partial charge in [0.1, 0.15) is 0 Å². The van der Waals surface area contributed by atoms with E-state index in [9.17, 15) is 0 Å². The summed E-state index contributed by atoms with van der Waals surface area (Å²) in [6, 6.07) is 0. The molecule has 1 heteroatoms. The molecule has 2 rings (SSSR count). The molecule has 0 amide bonds. The summed E-state index contributed by atoms with van der Waals surface area (Å²) in [6.07, 6.45) is 17.5. The van der Waals surface area contributed by atoms with E-state index in [2.05, 4.69) is 18.7 Å². The van der Waals surface area contributed by atoms with Gasteiger partial charge in [0.05, 0.1) is 13.4 Å². The van der Waals surface area contributed by atoms with E-state index in [-0.39, 0.29) is 0 Å². The van der Waals surface area contributed by atoms with Crippen LogP contribution in [0.3, 0.4) is 0 Å². The quantitative estimate of drug-likeness (QED) is 0.505. The van der Waals surface area contributed by atoms with Crippen LogP contribution in [-0.4, -0.2) is 7.11 Å². The van der Waals surface area contributed by atoms with Gasteiger partial charge in [-0.05, 0) is 81.1 Å². The Balaban J connectivity index is 1.73. The molecule has 0 N–H and O–H groups in total. The van der Waals surface area contributed by atoms with Crippen LogP contribution in [0, 0.1) is 23.7 Å². The molecule has 0 unspecified atom stereocenters. The fourth-order valence-corrected chi connectivity index (χ4v) is 3.85. The summed E-state index contributed by atoms with van der Waals surface area (Å²) in [7, 11) is 1.74. The van der Waals surface area contributed by atoms with E-state index < -0.39 is 0 Å². The van der Waals surface area contributed by atoms with Crippen LogP contribution < -0.4 is 0 Å². The van der Waals surface area contributed by atoms with Crippen molar-refractivity contribution in [1.82, 2.24) is 0 Å². The molecular formula is C17H28O. The average Bonchev–Trinajstić information content (AvgIpc) is 2.46. The molecule has 0 heterocycles. The maximum atomic E-state index is 5.02. The molecular weight excluding hydrogens is 220 g/mol. The molecule has 102 valence electrons. The minimum Gasteiger partial charge on any atom is -0.505 e. The molecule has 0 spiro atoms. The summed E-state index contributed by atoms with van der Waals surface area (Å²) >= 11 is 0. The minimum absolute atomic E-state index is 0.769. The third-order valence-corrected chi connectivity index (χ3v) is 5.12. The van der Waals surface area contributed by atoms with E-state index in [1.54, 1.807) is 7.11 Å². The molecule has 0 aromatic rings. The second kappa shape index (κ2) is 7.01. The van der Waals surface area contributed by atoms with Gasteiger partial charge in [-0.1, -0.05) is 6.08 Å². The number of hydrogen-bond donors (Lipinski definition) is 0. The molecule has 2 aliphatic rings. The lowest BCUT2D eigenvalue weighted by molar-refractivity contribution is 0.165. The average molecular weight is 248 g/mol. The van der Waals surface area contributed by atoms with Crippen molar-refractivity contribution in [2.75, 3.05) is 7.11 Å². The van der Waals surface area contributed by atoms with Crippen LogP contribution in [0.4, 0.5) is 0 Å². The topological polar surface area (TPSA) is 9.23 Å². The maximum Gasteiger partial charge on any atom is 0.0787 e. The molecule has 0 aromatic carbocycles. The zero-order valence-corrected chi connectivity index (χ0v) is 11.8. The molecule has 2 fully saturated rings. The lowest BCUT2D eigenvalue weighted by Crippen LogP contribution is -2.25. The third-order valence-electron chi connectivity index (χ3n) is 5.12. The van der Waals surface area contributed by atoms with Crippen LogP contribution >= 0.6 is 0 Å². The van der Waals surface area contributed by atoms with Gasteiger partial charge in [0.15, 0.2) is 0 Å². The Morgan fingerprint density at radius 2 is 1.33 bits per heavy atom. The summed E-state index contributed by atoms with van der Waals surface area (Å²) in [5, 5.41) is 0. The SMILES string of the molecule is C=CC1CCC(C2CCC(/C=C/OC)CC2)CC1. The molecule has 0 aliphatic heterocycles. The lowest BCUT2D eigenvalue weighted by atomic mass is 9.69. The first-order valence-electron chi connectivity index (χ1n) is 7.65. The first kappa shape index (κ1) is 13.7. The molecule has 0 atom stereocenters. The van der Waals surface area contributed by atoms with E-state index in [1.165, 1.54) is 51.4 Å². The van der Waals surface area contributed by atoms with Crippen LogP contribution in [0.1, 0.15) is 51.4 Å². The molecule has 1 nitrogen and oxygen atoms in total. The van der Waals surface area contributed by atoms with Crippen LogP contribution in [0.15, 0.2) is 25.0 Å². The van der Waals surface area contributed by atoms with Gasteiger partial charge in [-0.25, -0.2) is 0 Å². The summed E-state index contributed by atoms with van der Waals surface area (Å²) in [4.78, 5) is 0. The highest BCUT2D eigenvalue weighted by molar-refractivity contribution is 4.91. The predicted molar refractivity (Wildman–Crippen MR) is 77.2 cm³/mol. The molecule has 2 aliphatic carbocycles. The van der Waals surface area contributed by atoms with Crippen molar-refractivity contribution in [3.8, 4) is 0 Å². The smallest absolute Gasteiger partial charge is 0.0787 e. The molecule has 0 bridgehead atoms. The number of methoxy groups -OCH3 is 1. The molecule has 0 radical (unpaired) electrons. The second-order valence-corrected chi connectivity index (χ2v) is 6.15. The Labute approximate surface area is 112 Å². The van der Waals surface area contributed by atoms with Gasteiger partial charge in [0.2, 0.25) is 0 Å². The standard InChI is InChI=1S/C17H28O/c1-3-14-4-8-16(9-5-14)17-10-6-15(7-11-17)12-13-18-2/h3,12-17H,1,4-11H2,2H3/b13-12+. The Hall–Kier alpha value is -0.720. The first-order valence-corrected chi connectivity index (χ1v) is 7.65. The lowest BCUT2D eigenvalue weighted by Gasteiger charge is -2.36. The largest absolute Gasteiger partial charge is 0.505 e. The minimum atomic E-state index is 0.769. The van der Waals surface area contributed by atoms with Crippen LogP contribution in [0.25, 0.3) is 0 Å². The van der Waals surface area contributed by atoms with Crippen molar-refractivity contribution in [3.05, 3.63) is 25.0 Å². The van der Waals surface area contributed by atoms with Gasteiger partial charge in [0, 0.05) is 0 Å². The van der Waals surface area contributed by atoms with Crippen molar-refractivity contribution in [2.24, 2.45) is 23.7 Å². The molecule has 18 heavy (non-hydrogen) atoms. The maximum absolute atomic E-state index is 5.02. The Morgan fingerprint density at radius 3 is 1.78 bits per heavy atom. The van der Waals surface area contributed by atoms with Crippen molar-refractivity contribution in [3.63, 3.8) is 0 Å². The molecule has 0 aromatic heterocycles. The fourth-order valence-electron chi connectivity index (χ4n) is 3.85. The molecule has 2 saturated carbocycles. The van der Waals surface area contributed by atoms with Gasteiger partial charge >= 0.3 is 0 Å². The van der Waals surface area contributed by atoms with Gasteiger partial charge in [-0.3, -0.25) is 0 Å². The number of allylic oxidation sites excluding steroid dienone is 2. The van der Waals surface area contributed by atoms with Crippen LogP contribution in [-0.2, 0) is 4.74 Å². The van der Waals surface area contributed by atoms with Gasteiger partial charge in [-0.15, -0.1) is 6.58 Å². The predicted octanol–water partition coefficient (Wildman–Crippen LogP) is 4.95. The third kappa shape index (κ3) is 3.63. The fraction of sp³-hybridized carbons (Fsp3) is 0.765.